The monoisotopic (exact) mass is 321 g/mol. The van der Waals surface area contributed by atoms with Crippen LogP contribution in [-0.4, -0.2) is 47.2 Å². The smallest absolute Gasteiger partial charge is 0.274 e. The number of nitrogens with zero attached hydrogens (tertiary/aromatic N) is 3. The molecule has 6 nitrogen and oxygen atoms in total. The summed E-state index contributed by atoms with van der Waals surface area (Å²) in [6, 6.07) is 5.12. The molecule has 0 aliphatic heterocycles. The van der Waals surface area contributed by atoms with E-state index in [1.54, 1.807) is 18.2 Å². The fourth-order valence-corrected chi connectivity index (χ4v) is 2.39. The normalized spacial score (nSPS) is 11.1. The molecule has 118 valence electrons. The number of carbonyl (C=O) groups excluding carboxylic acids is 1. The van der Waals surface area contributed by atoms with Crippen LogP contribution in [0.15, 0.2) is 18.2 Å². The second kappa shape index (κ2) is 7.38. The lowest BCUT2D eigenvalue weighted by molar-refractivity contribution is 0.0944. The van der Waals surface area contributed by atoms with Crippen LogP contribution in [0.4, 0.5) is 5.69 Å². The molecule has 3 N–H and O–H groups in total. The molecule has 0 unspecified atom stereocenters. The number of nitrogens with two attached hydrogens (primary N) is 1. The zero-order chi connectivity index (χ0) is 16.1. The maximum Gasteiger partial charge on any atom is 0.274 e. The number of nitrogens with one attached hydrogen (secondary N) is 1. The van der Waals surface area contributed by atoms with Crippen LogP contribution in [0.25, 0.3) is 10.9 Å². The predicted octanol–water partition coefficient (Wildman–Crippen LogP) is 1.94. The third-order valence-electron chi connectivity index (χ3n) is 3.58. The molecule has 7 heteroatoms. The van der Waals surface area contributed by atoms with Gasteiger partial charge in [-0.15, -0.1) is 10.2 Å². The van der Waals surface area contributed by atoms with E-state index in [1.807, 2.05) is 0 Å². The number of amides is 1. The Labute approximate surface area is 134 Å². The van der Waals surface area contributed by atoms with Crippen molar-refractivity contribution in [3.63, 3.8) is 0 Å². The van der Waals surface area contributed by atoms with Gasteiger partial charge < -0.3 is 16.0 Å². The summed E-state index contributed by atoms with van der Waals surface area (Å²) in [4.78, 5) is 14.4. The highest BCUT2D eigenvalue weighted by Gasteiger charge is 2.15. The molecule has 0 aliphatic carbocycles. The number of nitrogen functional groups attached to an aromatic ring is 1. The van der Waals surface area contributed by atoms with Gasteiger partial charge in [-0.2, -0.15) is 0 Å². The van der Waals surface area contributed by atoms with Crippen molar-refractivity contribution in [1.82, 2.24) is 20.4 Å². The number of carbonyl (C=O) groups is 1. The number of rotatable bonds is 6. The van der Waals surface area contributed by atoms with Gasteiger partial charge in [0.1, 0.15) is 0 Å². The average molecular weight is 322 g/mol. The van der Waals surface area contributed by atoms with Gasteiger partial charge in [-0.25, -0.2) is 0 Å². The number of hydrogen-bond acceptors (Lipinski definition) is 5. The zero-order valence-electron chi connectivity index (χ0n) is 12.8. The number of halogens is 1. The summed E-state index contributed by atoms with van der Waals surface area (Å²) in [6.07, 6.45) is 0. The minimum absolute atomic E-state index is 0.134. The fourth-order valence-electron chi connectivity index (χ4n) is 2.22. The molecule has 2 rings (SSSR count). The summed E-state index contributed by atoms with van der Waals surface area (Å²) in [7, 11) is 0. The number of hydrogen-bond donors (Lipinski definition) is 2. The van der Waals surface area contributed by atoms with Crippen LogP contribution >= 0.6 is 11.6 Å². The minimum Gasteiger partial charge on any atom is -0.396 e. The lowest BCUT2D eigenvalue weighted by Crippen LogP contribution is -2.35. The molecule has 1 heterocycles. The predicted molar refractivity (Wildman–Crippen MR) is 89.1 cm³/mol. The number of benzene rings is 1. The highest BCUT2D eigenvalue weighted by Crippen LogP contribution is 2.24. The molecule has 0 atom stereocenters. The van der Waals surface area contributed by atoms with E-state index in [4.69, 9.17) is 17.3 Å². The molecule has 1 aromatic heterocycles. The van der Waals surface area contributed by atoms with Crippen LogP contribution in [0.3, 0.4) is 0 Å². The highest BCUT2D eigenvalue weighted by molar-refractivity contribution is 6.31. The van der Waals surface area contributed by atoms with Gasteiger partial charge in [-0.1, -0.05) is 25.4 Å². The third-order valence-corrected chi connectivity index (χ3v) is 3.82. The highest BCUT2D eigenvalue weighted by atomic mass is 35.5. The molecule has 2 aromatic rings. The van der Waals surface area contributed by atoms with Crippen molar-refractivity contribution in [1.29, 1.82) is 0 Å². The summed E-state index contributed by atoms with van der Waals surface area (Å²) in [5.74, 6) is -0.320. The van der Waals surface area contributed by atoms with E-state index < -0.39 is 0 Å². The number of anilines is 1. The van der Waals surface area contributed by atoms with Crippen molar-refractivity contribution in [2.45, 2.75) is 13.8 Å². The Morgan fingerprint density at radius 1 is 1.32 bits per heavy atom. The van der Waals surface area contributed by atoms with Crippen LogP contribution in [0.5, 0.6) is 0 Å². The first-order valence-corrected chi connectivity index (χ1v) is 7.66. The molecule has 0 saturated heterocycles. The van der Waals surface area contributed by atoms with Gasteiger partial charge in [0.25, 0.3) is 5.91 Å². The van der Waals surface area contributed by atoms with E-state index in [-0.39, 0.29) is 11.6 Å². The molecule has 0 spiro atoms. The van der Waals surface area contributed by atoms with Crippen molar-refractivity contribution in [3.05, 3.63) is 28.9 Å². The summed E-state index contributed by atoms with van der Waals surface area (Å²) in [5, 5.41) is 11.9. The topological polar surface area (TPSA) is 84.1 Å². The first-order chi connectivity index (χ1) is 10.6. The van der Waals surface area contributed by atoms with Crippen molar-refractivity contribution in [2.75, 3.05) is 31.9 Å². The van der Waals surface area contributed by atoms with E-state index >= 15 is 0 Å². The lowest BCUT2D eigenvalue weighted by Gasteiger charge is -2.18. The Morgan fingerprint density at radius 3 is 2.73 bits per heavy atom. The summed E-state index contributed by atoms with van der Waals surface area (Å²) in [5.41, 5.74) is 7.09. The molecule has 22 heavy (non-hydrogen) atoms. The van der Waals surface area contributed by atoms with Crippen LogP contribution in [-0.2, 0) is 0 Å². The van der Waals surface area contributed by atoms with E-state index in [1.165, 1.54) is 0 Å². The lowest BCUT2D eigenvalue weighted by atomic mass is 10.1. The first-order valence-electron chi connectivity index (χ1n) is 7.28. The van der Waals surface area contributed by atoms with Crippen LogP contribution < -0.4 is 11.1 Å². The zero-order valence-corrected chi connectivity index (χ0v) is 13.5. The molecular formula is C15H20ClN5O. The van der Waals surface area contributed by atoms with Crippen molar-refractivity contribution < 1.29 is 4.79 Å². The SMILES string of the molecule is CCN(CC)CCNC(=O)c1nnc2ccc(Cl)cc2c1N. The summed E-state index contributed by atoms with van der Waals surface area (Å²) >= 11 is 5.96. The molecule has 0 aliphatic rings. The largest absolute Gasteiger partial charge is 0.396 e. The quantitative estimate of drug-likeness (QED) is 0.849. The van der Waals surface area contributed by atoms with E-state index in [2.05, 4.69) is 34.3 Å². The van der Waals surface area contributed by atoms with Crippen LogP contribution in [0.2, 0.25) is 5.02 Å². The molecule has 1 aromatic carbocycles. The van der Waals surface area contributed by atoms with Crippen molar-refractivity contribution in [3.8, 4) is 0 Å². The van der Waals surface area contributed by atoms with Gasteiger partial charge in [0, 0.05) is 23.5 Å². The second-order valence-corrected chi connectivity index (χ2v) is 5.34. The molecule has 0 saturated carbocycles. The van der Waals surface area contributed by atoms with Crippen molar-refractivity contribution in [2.24, 2.45) is 0 Å². The fraction of sp³-hybridized carbons (Fsp3) is 0.400. The van der Waals surface area contributed by atoms with Gasteiger partial charge in [0.2, 0.25) is 0 Å². The number of fused-ring (bicyclic) bond motifs is 1. The first kappa shape index (κ1) is 16.5. The maximum atomic E-state index is 12.2. The van der Waals surface area contributed by atoms with Gasteiger partial charge >= 0.3 is 0 Å². The third kappa shape index (κ3) is 3.64. The van der Waals surface area contributed by atoms with Gasteiger partial charge in [-0.05, 0) is 31.3 Å². The van der Waals surface area contributed by atoms with Crippen molar-refractivity contribution >= 4 is 34.1 Å². The molecule has 1 amide bonds. The molecule has 0 radical (unpaired) electrons. The van der Waals surface area contributed by atoms with E-state index in [9.17, 15) is 4.79 Å². The standard InChI is InChI=1S/C15H20ClN5O/c1-3-21(4-2)8-7-18-15(22)14-13(17)11-9-10(16)5-6-12(11)19-20-14/h5-6,9H,3-4,7-8H2,1-2H3,(H2,17,19)(H,18,22). The van der Waals surface area contributed by atoms with Crippen LogP contribution in [0.1, 0.15) is 24.3 Å². The summed E-state index contributed by atoms with van der Waals surface area (Å²) in [6.45, 7) is 7.38. The number of likely N-dealkylation sites (N-methyl/N-ethyl adjacent to an activating group) is 1. The molecular weight excluding hydrogens is 302 g/mol. The van der Waals surface area contributed by atoms with Crippen LogP contribution in [0, 0.1) is 0 Å². The van der Waals surface area contributed by atoms with Gasteiger partial charge in [0.15, 0.2) is 5.69 Å². The second-order valence-electron chi connectivity index (χ2n) is 4.91. The maximum absolute atomic E-state index is 12.2. The van der Waals surface area contributed by atoms with Gasteiger partial charge in [0.05, 0.1) is 11.2 Å². The minimum atomic E-state index is -0.320. The Hall–Kier alpha value is -1.92. The molecule has 0 bridgehead atoms. The Bertz CT molecular complexity index is 672. The molecule has 0 fully saturated rings. The average Bonchev–Trinajstić information content (AvgIpc) is 2.52. The summed E-state index contributed by atoms with van der Waals surface area (Å²) < 4.78 is 0. The Balaban J connectivity index is 2.13. The number of aromatic nitrogens is 2. The Kier molecular flexibility index (Phi) is 5.51. The Morgan fingerprint density at radius 2 is 2.05 bits per heavy atom. The van der Waals surface area contributed by atoms with E-state index in [0.717, 1.165) is 19.6 Å². The van der Waals surface area contributed by atoms with Gasteiger partial charge in [-0.3, -0.25) is 4.79 Å². The van der Waals surface area contributed by atoms with E-state index in [0.29, 0.717) is 28.2 Å².